The van der Waals surface area contributed by atoms with Crippen molar-refractivity contribution >= 4 is 11.7 Å². The van der Waals surface area contributed by atoms with Gasteiger partial charge in [-0.25, -0.2) is 9.98 Å². The van der Waals surface area contributed by atoms with Gasteiger partial charge < -0.3 is 5.32 Å². The molecule has 0 spiro atoms. The van der Waals surface area contributed by atoms with Crippen LogP contribution in [-0.4, -0.2) is 10.8 Å². The summed E-state index contributed by atoms with van der Waals surface area (Å²) in [6.45, 7) is 7.98. The molecule has 0 saturated heterocycles. The maximum absolute atomic E-state index is 4.46. The van der Waals surface area contributed by atoms with Crippen LogP contribution in [-0.2, 0) is 0 Å². The van der Waals surface area contributed by atoms with Crippen LogP contribution in [0.5, 0.6) is 0 Å². The molecule has 0 unspecified atom stereocenters. The summed E-state index contributed by atoms with van der Waals surface area (Å²) in [6, 6.07) is 3.91. The first-order valence-corrected chi connectivity index (χ1v) is 5.69. The lowest BCUT2D eigenvalue weighted by Gasteiger charge is -2.06. The van der Waals surface area contributed by atoms with Crippen molar-refractivity contribution in [3.05, 3.63) is 47.8 Å². The first-order valence-electron chi connectivity index (χ1n) is 5.69. The Balaban J connectivity index is 2.97. The van der Waals surface area contributed by atoms with Gasteiger partial charge in [-0.1, -0.05) is 12.2 Å². The highest BCUT2D eigenvalue weighted by atomic mass is 15.0. The van der Waals surface area contributed by atoms with Gasteiger partial charge in [0.1, 0.15) is 5.84 Å². The van der Waals surface area contributed by atoms with Crippen LogP contribution in [0.2, 0.25) is 0 Å². The molecule has 0 saturated carbocycles. The highest BCUT2D eigenvalue weighted by Crippen LogP contribution is 2.09. The van der Waals surface area contributed by atoms with E-state index in [-0.39, 0.29) is 0 Å². The number of nitrogens with zero attached hydrogens (tertiary/aromatic N) is 2. The maximum atomic E-state index is 4.46. The number of hydrogen-bond acceptors (Lipinski definition) is 2. The molecule has 1 N–H and O–H groups in total. The maximum Gasteiger partial charge on any atom is 0.154 e. The molecule has 0 aliphatic carbocycles. The van der Waals surface area contributed by atoms with E-state index >= 15 is 0 Å². The minimum absolute atomic E-state index is 0.717. The molecular formula is C14H19N3. The SMILES string of the molecule is C/C=C(/C)NC(/C=C/C)=Nc1cc(C)ccn1. The Morgan fingerprint density at radius 3 is 2.76 bits per heavy atom. The Hall–Kier alpha value is -1.90. The predicted molar refractivity (Wildman–Crippen MR) is 73.4 cm³/mol. The third kappa shape index (κ3) is 4.64. The second-order valence-corrected chi connectivity index (χ2v) is 3.79. The Morgan fingerprint density at radius 1 is 1.41 bits per heavy atom. The molecular weight excluding hydrogens is 210 g/mol. The van der Waals surface area contributed by atoms with E-state index in [1.807, 2.05) is 58.1 Å². The molecule has 0 amide bonds. The summed E-state index contributed by atoms with van der Waals surface area (Å²) in [5.41, 5.74) is 2.22. The average Bonchev–Trinajstić information content (AvgIpc) is 2.29. The topological polar surface area (TPSA) is 37.3 Å². The lowest BCUT2D eigenvalue weighted by molar-refractivity contribution is 1.10. The van der Waals surface area contributed by atoms with Crippen molar-refractivity contribution in [2.75, 3.05) is 0 Å². The third-order valence-electron chi connectivity index (χ3n) is 2.22. The number of aromatic nitrogens is 1. The van der Waals surface area contributed by atoms with Crippen molar-refractivity contribution in [1.82, 2.24) is 10.3 Å². The van der Waals surface area contributed by atoms with Crippen LogP contribution in [0.1, 0.15) is 26.3 Å². The van der Waals surface area contributed by atoms with Crippen molar-refractivity contribution in [2.45, 2.75) is 27.7 Å². The molecule has 0 aliphatic heterocycles. The van der Waals surface area contributed by atoms with Gasteiger partial charge in [-0.3, -0.25) is 0 Å². The number of nitrogens with one attached hydrogen (secondary N) is 1. The first kappa shape index (κ1) is 13.2. The van der Waals surface area contributed by atoms with Crippen LogP contribution in [0.25, 0.3) is 0 Å². The molecule has 1 rings (SSSR count). The van der Waals surface area contributed by atoms with Crippen molar-refractivity contribution in [3.8, 4) is 0 Å². The number of aryl methyl sites for hydroxylation is 1. The largest absolute Gasteiger partial charge is 0.344 e. The predicted octanol–water partition coefficient (Wildman–Crippen LogP) is 3.51. The van der Waals surface area contributed by atoms with Crippen molar-refractivity contribution < 1.29 is 0 Å². The van der Waals surface area contributed by atoms with Crippen molar-refractivity contribution in [3.63, 3.8) is 0 Å². The number of amidine groups is 1. The van der Waals surface area contributed by atoms with Gasteiger partial charge in [0.05, 0.1) is 0 Å². The van der Waals surface area contributed by atoms with E-state index in [1.54, 1.807) is 6.20 Å². The van der Waals surface area contributed by atoms with Crippen LogP contribution in [0.4, 0.5) is 5.82 Å². The molecule has 0 aromatic carbocycles. The summed E-state index contributed by atoms with van der Waals surface area (Å²) >= 11 is 0. The molecule has 3 nitrogen and oxygen atoms in total. The summed E-state index contributed by atoms with van der Waals surface area (Å²) in [7, 11) is 0. The van der Waals surface area contributed by atoms with E-state index in [0.717, 1.165) is 22.9 Å². The van der Waals surface area contributed by atoms with Gasteiger partial charge in [-0.2, -0.15) is 0 Å². The number of aliphatic imine (C=N–C) groups is 1. The molecule has 3 heteroatoms. The lowest BCUT2D eigenvalue weighted by atomic mass is 10.3. The molecule has 0 aliphatic rings. The number of hydrogen-bond donors (Lipinski definition) is 1. The van der Waals surface area contributed by atoms with E-state index < -0.39 is 0 Å². The van der Waals surface area contributed by atoms with Crippen molar-refractivity contribution in [2.24, 2.45) is 4.99 Å². The fraction of sp³-hybridized carbons (Fsp3) is 0.286. The second-order valence-electron chi connectivity index (χ2n) is 3.79. The van der Waals surface area contributed by atoms with Crippen LogP contribution in [0.3, 0.4) is 0 Å². The number of rotatable bonds is 3. The summed E-state index contributed by atoms with van der Waals surface area (Å²) in [6.07, 6.45) is 7.65. The normalized spacial score (nSPS) is 13.2. The zero-order valence-corrected chi connectivity index (χ0v) is 10.9. The van der Waals surface area contributed by atoms with E-state index in [9.17, 15) is 0 Å². The number of allylic oxidation sites excluding steroid dienone is 3. The van der Waals surface area contributed by atoms with Gasteiger partial charge >= 0.3 is 0 Å². The zero-order chi connectivity index (χ0) is 12.7. The Bertz CT molecular complexity index is 456. The van der Waals surface area contributed by atoms with E-state index in [0.29, 0.717) is 0 Å². The summed E-state index contributed by atoms with van der Waals surface area (Å²) in [5, 5.41) is 3.22. The summed E-state index contributed by atoms with van der Waals surface area (Å²) in [4.78, 5) is 8.68. The second kappa shape index (κ2) is 6.63. The molecule has 1 aromatic heterocycles. The molecule has 0 atom stereocenters. The van der Waals surface area contributed by atoms with Gasteiger partial charge in [-0.05, 0) is 51.5 Å². The van der Waals surface area contributed by atoms with Gasteiger partial charge in [0.25, 0.3) is 0 Å². The quantitative estimate of drug-likeness (QED) is 0.636. The van der Waals surface area contributed by atoms with Gasteiger partial charge in [0, 0.05) is 11.9 Å². The highest BCUT2D eigenvalue weighted by molar-refractivity contribution is 5.95. The standard InChI is InChI=1S/C14H19N3/c1-5-7-13(16-12(4)6-2)17-14-10-11(3)8-9-15-14/h5-10H,1-4H3,(H,15,16,17)/b7-5+,12-6-. The first-order chi connectivity index (χ1) is 8.15. The van der Waals surface area contributed by atoms with E-state index in [4.69, 9.17) is 0 Å². The molecule has 17 heavy (non-hydrogen) atoms. The van der Waals surface area contributed by atoms with Crippen molar-refractivity contribution in [1.29, 1.82) is 0 Å². The minimum atomic E-state index is 0.717. The molecule has 0 fully saturated rings. The van der Waals surface area contributed by atoms with Crippen LogP contribution < -0.4 is 5.32 Å². The number of pyridine rings is 1. The Morgan fingerprint density at radius 2 is 2.18 bits per heavy atom. The fourth-order valence-electron chi connectivity index (χ4n) is 1.24. The molecule has 0 radical (unpaired) electrons. The van der Waals surface area contributed by atoms with E-state index in [2.05, 4.69) is 15.3 Å². The third-order valence-corrected chi connectivity index (χ3v) is 2.22. The van der Waals surface area contributed by atoms with Crippen LogP contribution in [0, 0.1) is 6.92 Å². The Kier molecular flexibility index (Phi) is 5.14. The van der Waals surface area contributed by atoms with Crippen LogP contribution >= 0.6 is 0 Å². The Labute approximate surface area is 103 Å². The van der Waals surface area contributed by atoms with Gasteiger partial charge in [-0.15, -0.1) is 0 Å². The fourth-order valence-corrected chi connectivity index (χ4v) is 1.24. The highest BCUT2D eigenvalue weighted by Gasteiger charge is 1.97. The summed E-state index contributed by atoms with van der Waals surface area (Å²) in [5.74, 6) is 1.51. The molecule has 1 aromatic rings. The van der Waals surface area contributed by atoms with E-state index in [1.165, 1.54) is 0 Å². The lowest BCUT2D eigenvalue weighted by Crippen LogP contribution is -2.18. The monoisotopic (exact) mass is 229 g/mol. The smallest absolute Gasteiger partial charge is 0.154 e. The minimum Gasteiger partial charge on any atom is -0.344 e. The van der Waals surface area contributed by atoms with Gasteiger partial charge in [0.15, 0.2) is 5.82 Å². The van der Waals surface area contributed by atoms with Crippen LogP contribution in [0.15, 0.2) is 47.2 Å². The van der Waals surface area contributed by atoms with Gasteiger partial charge in [0.2, 0.25) is 0 Å². The molecule has 0 bridgehead atoms. The zero-order valence-electron chi connectivity index (χ0n) is 10.9. The molecule has 90 valence electrons. The average molecular weight is 229 g/mol. The summed E-state index contributed by atoms with van der Waals surface area (Å²) < 4.78 is 0. The molecule has 1 heterocycles.